The number of hydrogen-bond donors (Lipinski definition) is 2. The third kappa shape index (κ3) is 2.49. The molecule has 0 aromatic heterocycles. The predicted molar refractivity (Wildman–Crippen MR) is 75.2 cm³/mol. The van der Waals surface area contributed by atoms with E-state index in [-0.39, 0.29) is 18.5 Å². The molecule has 1 aliphatic carbocycles. The van der Waals surface area contributed by atoms with E-state index >= 15 is 0 Å². The molecule has 1 heterocycles. The first kappa shape index (κ1) is 13.6. The Kier molecular flexibility index (Phi) is 3.16. The number of nitrogens with zero attached hydrogens (tertiary/aromatic N) is 1. The summed E-state index contributed by atoms with van der Waals surface area (Å²) in [5.74, 6) is -0.692. The van der Waals surface area contributed by atoms with Crippen LogP contribution in [0.1, 0.15) is 25.3 Å². The molecule has 1 aromatic carbocycles. The third-order valence-electron chi connectivity index (χ3n) is 3.87. The van der Waals surface area contributed by atoms with E-state index in [1.54, 1.807) is 19.1 Å². The number of carbonyl (C=O) groups is 3. The molecule has 1 saturated heterocycles. The summed E-state index contributed by atoms with van der Waals surface area (Å²) in [6, 6.07) is 8.70. The van der Waals surface area contributed by atoms with Crippen molar-refractivity contribution >= 4 is 17.8 Å². The van der Waals surface area contributed by atoms with E-state index in [0.717, 1.165) is 17.7 Å². The lowest BCUT2D eigenvalue weighted by molar-refractivity contribution is -0.134. The van der Waals surface area contributed by atoms with Gasteiger partial charge in [-0.2, -0.15) is 0 Å². The molecule has 3 rings (SSSR count). The van der Waals surface area contributed by atoms with Crippen LogP contribution in [0, 0.1) is 0 Å². The van der Waals surface area contributed by atoms with Crippen LogP contribution in [0.15, 0.2) is 30.3 Å². The van der Waals surface area contributed by atoms with Crippen LogP contribution >= 0.6 is 0 Å². The minimum atomic E-state index is -1.11. The first-order valence-corrected chi connectivity index (χ1v) is 7.00. The van der Waals surface area contributed by atoms with Gasteiger partial charge in [-0.05, 0) is 25.3 Å². The molecule has 1 aliphatic heterocycles. The molecule has 1 aromatic rings. The van der Waals surface area contributed by atoms with Crippen molar-refractivity contribution in [2.75, 3.05) is 6.54 Å². The van der Waals surface area contributed by atoms with Gasteiger partial charge >= 0.3 is 6.03 Å². The summed E-state index contributed by atoms with van der Waals surface area (Å²) in [5.41, 5.74) is -0.411. The Balaban J connectivity index is 1.76. The molecule has 6 nitrogen and oxygen atoms in total. The van der Waals surface area contributed by atoms with E-state index in [2.05, 4.69) is 10.6 Å². The van der Waals surface area contributed by atoms with Gasteiger partial charge in [0.25, 0.3) is 5.91 Å². The SMILES string of the molecule is C[C@@]1(c2ccccc2)NC(=O)N(CC(=O)NC2CC2)C1=O. The van der Waals surface area contributed by atoms with Crippen LogP contribution in [0.25, 0.3) is 0 Å². The van der Waals surface area contributed by atoms with E-state index < -0.39 is 17.5 Å². The average molecular weight is 287 g/mol. The fraction of sp³-hybridized carbons (Fsp3) is 0.400. The lowest BCUT2D eigenvalue weighted by atomic mass is 9.92. The zero-order valence-electron chi connectivity index (χ0n) is 11.8. The van der Waals surface area contributed by atoms with Crippen LogP contribution in [-0.2, 0) is 15.1 Å². The maximum atomic E-state index is 12.5. The monoisotopic (exact) mass is 287 g/mol. The standard InChI is InChI=1S/C15H17N3O3/c1-15(10-5-3-2-4-6-10)13(20)18(14(21)17-15)9-12(19)16-11-7-8-11/h2-6,11H,7-9H2,1H3,(H,16,19)(H,17,21)/t15-/m0/s1. The second-order valence-corrected chi connectivity index (χ2v) is 5.65. The fourth-order valence-corrected chi connectivity index (χ4v) is 2.45. The van der Waals surface area contributed by atoms with Crippen LogP contribution in [-0.4, -0.2) is 35.3 Å². The molecule has 1 atom stereocenters. The van der Waals surface area contributed by atoms with Gasteiger partial charge in [0.2, 0.25) is 5.91 Å². The van der Waals surface area contributed by atoms with Gasteiger partial charge in [-0.1, -0.05) is 30.3 Å². The van der Waals surface area contributed by atoms with Crippen molar-refractivity contribution < 1.29 is 14.4 Å². The van der Waals surface area contributed by atoms with Crippen molar-refractivity contribution in [3.63, 3.8) is 0 Å². The van der Waals surface area contributed by atoms with Crippen LogP contribution in [0.2, 0.25) is 0 Å². The van der Waals surface area contributed by atoms with Gasteiger partial charge in [-0.15, -0.1) is 0 Å². The van der Waals surface area contributed by atoms with Gasteiger partial charge in [-0.3, -0.25) is 14.5 Å². The highest BCUT2D eigenvalue weighted by molar-refractivity contribution is 6.09. The zero-order valence-corrected chi connectivity index (χ0v) is 11.8. The van der Waals surface area contributed by atoms with Crippen LogP contribution < -0.4 is 10.6 Å². The van der Waals surface area contributed by atoms with E-state index in [4.69, 9.17) is 0 Å². The maximum absolute atomic E-state index is 12.5. The number of benzene rings is 1. The molecule has 4 amide bonds. The van der Waals surface area contributed by atoms with Gasteiger partial charge in [0, 0.05) is 6.04 Å². The molecule has 0 bridgehead atoms. The summed E-state index contributed by atoms with van der Waals surface area (Å²) in [4.78, 5) is 37.3. The van der Waals surface area contributed by atoms with E-state index in [1.807, 2.05) is 18.2 Å². The minimum absolute atomic E-state index is 0.207. The molecular formula is C15H17N3O3. The fourth-order valence-electron chi connectivity index (χ4n) is 2.45. The summed E-state index contributed by atoms with van der Waals surface area (Å²) < 4.78 is 0. The van der Waals surface area contributed by atoms with Gasteiger partial charge < -0.3 is 10.6 Å². The summed E-state index contributed by atoms with van der Waals surface area (Å²) >= 11 is 0. The second kappa shape index (κ2) is 4.87. The van der Waals surface area contributed by atoms with E-state index in [0.29, 0.717) is 5.56 Å². The summed E-state index contributed by atoms with van der Waals surface area (Å²) in [6.07, 6.45) is 1.93. The quantitative estimate of drug-likeness (QED) is 0.801. The van der Waals surface area contributed by atoms with Crippen molar-refractivity contribution in [1.82, 2.24) is 15.5 Å². The minimum Gasteiger partial charge on any atom is -0.352 e. The molecule has 0 radical (unpaired) electrons. The van der Waals surface area contributed by atoms with Gasteiger partial charge in [-0.25, -0.2) is 4.79 Å². The Bertz CT molecular complexity index is 597. The summed E-state index contributed by atoms with van der Waals surface area (Å²) in [5, 5.41) is 5.45. The smallest absolute Gasteiger partial charge is 0.325 e. The Morgan fingerprint density at radius 1 is 1.33 bits per heavy atom. The second-order valence-electron chi connectivity index (χ2n) is 5.65. The highest BCUT2D eigenvalue weighted by Gasteiger charge is 2.49. The van der Waals surface area contributed by atoms with Crippen molar-refractivity contribution in [3.8, 4) is 0 Å². The number of hydrogen-bond acceptors (Lipinski definition) is 3. The van der Waals surface area contributed by atoms with Gasteiger partial charge in [0.05, 0.1) is 0 Å². The lowest BCUT2D eigenvalue weighted by Gasteiger charge is -2.22. The Labute approximate surface area is 122 Å². The molecule has 2 N–H and O–H groups in total. The summed E-state index contributed by atoms with van der Waals surface area (Å²) in [6.45, 7) is 1.42. The average Bonchev–Trinajstić information content (AvgIpc) is 3.25. The predicted octanol–water partition coefficient (Wildman–Crippen LogP) is 0.732. The molecule has 1 saturated carbocycles. The molecule has 6 heteroatoms. The molecular weight excluding hydrogens is 270 g/mol. The van der Waals surface area contributed by atoms with Crippen molar-refractivity contribution in [2.45, 2.75) is 31.3 Å². The third-order valence-corrected chi connectivity index (χ3v) is 3.87. The van der Waals surface area contributed by atoms with Gasteiger partial charge in [0.1, 0.15) is 12.1 Å². The van der Waals surface area contributed by atoms with E-state index in [1.165, 1.54) is 0 Å². The topological polar surface area (TPSA) is 78.5 Å². The highest BCUT2D eigenvalue weighted by atomic mass is 16.2. The first-order valence-electron chi connectivity index (χ1n) is 7.00. The first-order chi connectivity index (χ1) is 10.0. The Morgan fingerprint density at radius 3 is 2.62 bits per heavy atom. The molecule has 0 unspecified atom stereocenters. The Morgan fingerprint density at radius 2 is 2.00 bits per heavy atom. The zero-order chi connectivity index (χ0) is 15.0. The number of amides is 4. The number of carbonyl (C=O) groups excluding carboxylic acids is 3. The normalized spacial score (nSPS) is 24.9. The lowest BCUT2D eigenvalue weighted by Crippen LogP contribution is -2.43. The molecule has 2 aliphatic rings. The highest BCUT2D eigenvalue weighted by Crippen LogP contribution is 2.28. The Hall–Kier alpha value is -2.37. The van der Waals surface area contributed by atoms with Crippen LogP contribution in [0.5, 0.6) is 0 Å². The van der Waals surface area contributed by atoms with Crippen molar-refractivity contribution in [2.24, 2.45) is 0 Å². The number of rotatable bonds is 4. The maximum Gasteiger partial charge on any atom is 0.325 e. The largest absolute Gasteiger partial charge is 0.352 e. The van der Waals surface area contributed by atoms with Gasteiger partial charge in [0.15, 0.2) is 0 Å². The number of imide groups is 1. The molecule has 21 heavy (non-hydrogen) atoms. The molecule has 110 valence electrons. The van der Waals surface area contributed by atoms with Crippen LogP contribution in [0.3, 0.4) is 0 Å². The van der Waals surface area contributed by atoms with Crippen LogP contribution in [0.4, 0.5) is 4.79 Å². The van der Waals surface area contributed by atoms with Crippen molar-refractivity contribution in [3.05, 3.63) is 35.9 Å². The number of nitrogens with one attached hydrogen (secondary N) is 2. The molecule has 2 fully saturated rings. The number of urea groups is 1. The summed E-state index contributed by atoms with van der Waals surface area (Å²) in [7, 11) is 0. The van der Waals surface area contributed by atoms with Crippen molar-refractivity contribution in [1.29, 1.82) is 0 Å². The molecule has 0 spiro atoms. The van der Waals surface area contributed by atoms with E-state index in [9.17, 15) is 14.4 Å².